The van der Waals surface area contributed by atoms with E-state index in [-0.39, 0.29) is 11.1 Å². The number of halogens is 6. The third kappa shape index (κ3) is 6.13. The second kappa shape index (κ2) is 10.8. The number of alkyl halides is 3. The molecule has 0 radical (unpaired) electrons. The summed E-state index contributed by atoms with van der Waals surface area (Å²) in [6.45, 7) is 3.93. The lowest BCUT2D eigenvalue weighted by molar-refractivity contribution is -0.142. The molecule has 2 saturated carbocycles. The van der Waals surface area contributed by atoms with Crippen molar-refractivity contribution in [3.8, 4) is 11.1 Å². The Hall–Kier alpha value is -2.24. The summed E-state index contributed by atoms with van der Waals surface area (Å²) in [5.41, 5.74) is -1.55. The van der Waals surface area contributed by atoms with Crippen molar-refractivity contribution in [1.82, 2.24) is 0 Å². The maximum Gasteiger partial charge on any atom is 0.422 e. The van der Waals surface area contributed by atoms with Crippen LogP contribution in [0.4, 0.5) is 26.3 Å². The summed E-state index contributed by atoms with van der Waals surface area (Å²) < 4.78 is 81.0. The Morgan fingerprint density at radius 3 is 1.86 bits per heavy atom. The second-order valence-electron chi connectivity index (χ2n) is 10.4. The zero-order chi connectivity index (χ0) is 25.2. The van der Waals surface area contributed by atoms with Gasteiger partial charge in [0.2, 0.25) is 0 Å². The maximum absolute atomic E-state index is 14.7. The van der Waals surface area contributed by atoms with E-state index in [4.69, 9.17) is 0 Å². The van der Waals surface area contributed by atoms with E-state index in [1.165, 1.54) is 63.5 Å². The van der Waals surface area contributed by atoms with Gasteiger partial charge in [-0.15, -0.1) is 6.58 Å². The van der Waals surface area contributed by atoms with E-state index in [1.807, 2.05) is 0 Å². The Kier molecular flexibility index (Phi) is 7.97. The number of benzene rings is 2. The zero-order valence-corrected chi connectivity index (χ0v) is 19.8. The Bertz CT molecular complexity index is 1000. The molecule has 0 spiro atoms. The van der Waals surface area contributed by atoms with Crippen LogP contribution in [0.5, 0.6) is 0 Å². The molecule has 2 aromatic carbocycles. The Morgan fingerprint density at radius 1 is 0.771 bits per heavy atom. The fraction of sp³-hybridized carbons (Fsp3) is 0.517. The molecular formula is C29H32F6. The van der Waals surface area contributed by atoms with Crippen LogP contribution in [0.25, 0.3) is 11.1 Å². The molecule has 6 heteroatoms. The normalized spacial score (nSPS) is 25.4. The molecule has 0 unspecified atom stereocenters. The summed E-state index contributed by atoms with van der Waals surface area (Å²) in [7, 11) is 0. The first-order valence-electron chi connectivity index (χ1n) is 12.6. The molecule has 0 aliphatic heterocycles. The van der Waals surface area contributed by atoms with Gasteiger partial charge >= 0.3 is 6.18 Å². The summed E-state index contributed by atoms with van der Waals surface area (Å²) in [6.07, 6.45) is 8.65. The Morgan fingerprint density at radius 2 is 1.34 bits per heavy atom. The van der Waals surface area contributed by atoms with Gasteiger partial charge in [0.1, 0.15) is 23.0 Å². The summed E-state index contributed by atoms with van der Waals surface area (Å²) in [5, 5.41) is 0. The second-order valence-corrected chi connectivity index (χ2v) is 10.4. The lowest BCUT2D eigenvalue weighted by atomic mass is 9.68. The van der Waals surface area contributed by atoms with E-state index in [0.29, 0.717) is 30.4 Å². The summed E-state index contributed by atoms with van der Waals surface area (Å²) in [5.74, 6) is -1.24. The molecule has 0 nitrogen and oxygen atoms in total. The first kappa shape index (κ1) is 25.8. The molecule has 2 aliphatic rings. The Balaban J connectivity index is 1.32. The van der Waals surface area contributed by atoms with E-state index in [1.54, 1.807) is 6.07 Å². The van der Waals surface area contributed by atoms with E-state index in [2.05, 4.69) is 12.7 Å². The smallest absolute Gasteiger partial charge is 0.206 e. The first-order valence-corrected chi connectivity index (χ1v) is 12.6. The van der Waals surface area contributed by atoms with Gasteiger partial charge in [0, 0.05) is 5.56 Å². The third-order valence-corrected chi connectivity index (χ3v) is 8.22. The van der Waals surface area contributed by atoms with Crippen molar-refractivity contribution < 1.29 is 26.3 Å². The van der Waals surface area contributed by atoms with Crippen LogP contribution in [-0.2, 0) is 12.6 Å². The minimum atomic E-state index is -5.15. The predicted molar refractivity (Wildman–Crippen MR) is 126 cm³/mol. The summed E-state index contributed by atoms with van der Waals surface area (Å²) in [6, 6.07) is 5.48. The van der Waals surface area contributed by atoms with Crippen LogP contribution < -0.4 is 0 Å². The van der Waals surface area contributed by atoms with Gasteiger partial charge in [-0.05, 0) is 104 Å². The molecule has 0 N–H and O–H groups in total. The summed E-state index contributed by atoms with van der Waals surface area (Å²) in [4.78, 5) is 0. The predicted octanol–water partition coefficient (Wildman–Crippen LogP) is 9.52. The molecule has 0 aromatic heterocycles. The van der Waals surface area contributed by atoms with E-state index in [0.717, 1.165) is 23.8 Å². The fourth-order valence-corrected chi connectivity index (χ4v) is 6.12. The SMILES string of the molecule is C=CC1CCC(C2CCC(CCc3ccc(-c4cc(F)c(C(F)(F)F)c(F)c4)c(F)c3)CC2)CC1. The van der Waals surface area contributed by atoms with Gasteiger partial charge < -0.3 is 0 Å². The van der Waals surface area contributed by atoms with Gasteiger partial charge in [-0.3, -0.25) is 0 Å². The minimum Gasteiger partial charge on any atom is -0.206 e. The van der Waals surface area contributed by atoms with Crippen LogP contribution >= 0.6 is 0 Å². The van der Waals surface area contributed by atoms with Crippen molar-refractivity contribution in [2.45, 2.75) is 70.4 Å². The first-order chi connectivity index (χ1) is 16.7. The van der Waals surface area contributed by atoms with Crippen molar-refractivity contribution in [3.05, 3.63) is 71.6 Å². The van der Waals surface area contributed by atoms with Gasteiger partial charge in [-0.1, -0.05) is 31.1 Å². The molecule has 0 heterocycles. The van der Waals surface area contributed by atoms with Crippen LogP contribution in [0.2, 0.25) is 0 Å². The molecule has 4 rings (SSSR count). The minimum absolute atomic E-state index is 0.119. The average molecular weight is 495 g/mol. The van der Waals surface area contributed by atoms with Gasteiger partial charge in [-0.25, -0.2) is 13.2 Å². The molecule has 0 bridgehead atoms. The van der Waals surface area contributed by atoms with Crippen LogP contribution in [0.3, 0.4) is 0 Å². The summed E-state index contributed by atoms with van der Waals surface area (Å²) >= 11 is 0. The van der Waals surface area contributed by atoms with Crippen molar-refractivity contribution >= 4 is 0 Å². The van der Waals surface area contributed by atoms with Crippen LogP contribution in [0.1, 0.15) is 68.9 Å². The van der Waals surface area contributed by atoms with Crippen LogP contribution in [0, 0.1) is 41.1 Å². The van der Waals surface area contributed by atoms with E-state index in [9.17, 15) is 26.3 Å². The standard InChI is InChI=1S/C29H32F6/c1-2-18-5-10-21(11-6-18)22-12-7-19(8-13-22)3-4-20-9-14-24(25(30)15-20)23-16-26(31)28(27(32)17-23)29(33,34)35/h2,9,14-19,21-22H,1,3-8,10-13H2. The number of allylic oxidation sites excluding steroid dienone is 1. The number of hydrogen-bond donors (Lipinski definition) is 0. The van der Waals surface area contributed by atoms with E-state index < -0.39 is 29.2 Å². The zero-order valence-electron chi connectivity index (χ0n) is 19.8. The molecule has 2 aliphatic carbocycles. The fourth-order valence-electron chi connectivity index (χ4n) is 6.12. The van der Waals surface area contributed by atoms with Gasteiger partial charge in [0.15, 0.2) is 0 Å². The average Bonchev–Trinajstić information content (AvgIpc) is 2.82. The highest BCUT2D eigenvalue weighted by Crippen LogP contribution is 2.42. The van der Waals surface area contributed by atoms with Gasteiger partial charge in [0.25, 0.3) is 0 Å². The van der Waals surface area contributed by atoms with Crippen molar-refractivity contribution in [1.29, 1.82) is 0 Å². The molecule has 2 aromatic rings. The molecule has 2 fully saturated rings. The van der Waals surface area contributed by atoms with Crippen molar-refractivity contribution in [2.75, 3.05) is 0 Å². The van der Waals surface area contributed by atoms with E-state index >= 15 is 0 Å². The largest absolute Gasteiger partial charge is 0.422 e. The maximum atomic E-state index is 14.7. The molecule has 0 amide bonds. The van der Waals surface area contributed by atoms with Gasteiger partial charge in [-0.2, -0.15) is 13.2 Å². The molecule has 0 saturated heterocycles. The molecule has 0 atom stereocenters. The number of rotatable bonds is 6. The lowest BCUT2D eigenvalue weighted by Gasteiger charge is -2.37. The lowest BCUT2D eigenvalue weighted by Crippen LogP contribution is -2.25. The quantitative estimate of drug-likeness (QED) is 0.277. The Labute approximate surface area is 203 Å². The van der Waals surface area contributed by atoms with Crippen molar-refractivity contribution in [2.24, 2.45) is 23.7 Å². The number of aryl methyl sites for hydroxylation is 1. The highest BCUT2D eigenvalue weighted by Gasteiger charge is 2.38. The molecule has 190 valence electrons. The van der Waals surface area contributed by atoms with Crippen LogP contribution in [-0.4, -0.2) is 0 Å². The highest BCUT2D eigenvalue weighted by molar-refractivity contribution is 5.65. The third-order valence-electron chi connectivity index (χ3n) is 8.22. The van der Waals surface area contributed by atoms with Gasteiger partial charge in [0.05, 0.1) is 0 Å². The monoisotopic (exact) mass is 494 g/mol. The van der Waals surface area contributed by atoms with Crippen LogP contribution in [0.15, 0.2) is 43.0 Å². The highest BCUT2D eigenvalue weighted by atomic mass is 19.4. The number of hydrogen-bond acceptors (Lipinski definition) is 0. The van der Waals surface area contributed by atoms with Crippen molar-refractivity contribution in [3.63, 3.8) is 0 Å². The topological polar surface area (TPSA) is 0 Å². The molecule has 35 heavy (non-hydrogen) atoms. The molecular weight excluding hydrogens is 462 g/mol.